The number of amides is 1. The third-order valence-electron chi connectivity index (χ3n) is 3.54. The first-order chi connectivity index (χ1) is 9.52. The lowest BCUT2D eigenvalue weighted by Crippen LogP contribution is -2.40. The van der Waals surface area contributed by atoms with Gasteiger partial charge in [0.05, 0.1) is 18.7 Å². The second-order valence-electron chi connectivity index (χ2n) is 4.82. The number of rotatable bonds is 4. The first-order valence-electron chi connectivity index (χ1n) is 6.43. The molecule has 1 aliphatic rings. The highest BCUT2D eigenvalue weighted by Gasteiger charge is 2.29. The van der Waals surface area contributed by atoms with E-state index in [0.717, 1.165) is 29.4 Å². The lowest BCUT2D eigenvalue weighted by Gasteiger charge is -2.22. The van der Waals surface area contributed by atoms with E-state index in [-0.39, 0.29) is 17.9 Å². The molecule has 5 nitrogen and oxygen atoms in total. The molecule has 108 valence electrons. The molecule has 1 atom stereocenters. The van der Waals surface area contributed by atoms with Crippen molar-refractivity contribution < 1.29 is 14.3 Å². The minimum absolute atomic E-state index is 0.250. The van der Waals surface area contributed by atoms with E-state index in [1.165, 1.54) is 7.11 Å². The van der Waals surface area contributed by atoms with Crippen LogP contribution in [0.4, 0.5) is 0 Å². The summed E-state index contributed by atoms with van der Waals surface area (Å²) in [5.41, 5.74) is 6.77. The summed E-state index contributed by atoms with van der Waals surface area (Å²) in [5, 5.41) is 0. The first-order valence-corrected chi connectivity index (χ1v) is 7.22. The first kappa shape index (κ1) is 15.0. The van der Waals surface area contributed by atoms with Gasteiger partial charge in [-0.15, -0.1) is 0 Å². The molecule has 1 fully saturated rings. The zero-order valence-electron chi connectivity index (χ0n) is 11.3. The Balaban J connectivity index is 2.26. The molecule has 0 saturated carbocycles. The van der Waals surface area contributed by atoms with Gasteiger partial charge in [-0.1, -0.05) is 15.9 Å². The second-order valence-corrected chi connectivity index (χ2v) is 5.74. The number of likely N-dealkylation sites (tertiary alicyclic amines) is 1. The molecule has 2 rings (SSSR count). The Bertz CT molecular complexity index is 533. The monoisotopic (exact) mass is 340 g/mol. The van der Waals surface area contributed by atoms with E-state index < -0.39 is 0 Å². The van der Waals surface area contributed by atoms with Crippen molar-refractivity contribution in [3.8, 4) is 0 Å². The third-order valence-corrected chi connectivity index (χ3v) is 4.03. The Hall–Kier alpha value is -1.40. The number of primary amides is 1. The topological polar surface area (TPSA) is 72.6 Å². The van der Waals surface area contributed by atoms with Gasteiger partial charge in [0.2, 0.25) is 5.91 Å². The van der Waals surface area contributed by atoms with E-state index in [0.29, 0.717) is 12.1 Å². The summed E-state index contributed by atoms with van der Waals surface area (Å²) in [7, 11) is 1.36. The molecule has 6 heteroatoms. The van der Waals surface area contributed by atoms with E-state index in [4.69, 9.17) is 10.5 Å². The van der Waals surface area contributed by atoms with Crippen LogP contribution in [0.1, 0.15) is 28.8 Å². The summed E-state index contributed by atoms with van der Waals surface area (Å²) in [6, 6.07) is 5.15. The smallest absolute Gasteiger partial charge is 0.338 e. The van der Waals surface area contributed by atoms with E-state index in [9.17, 15) is 9.59 Å². The van der Waals surface area contributed by atoms with Crippen molar-refractivity contribution in [3.63, 3.8) is 0 Å². The minimum Gasteiger partial charge on any atom is -0.465 e. The molecule has 1 aromatic rings. The van der Waals surface area contributed by atoms with Crippen LogP contribution < -0.4 is 5.73 Å². The third kappa shape index (κ3) is 3.19. The van der Waals surface area contributed by atoms with Crippen LogP contribution in [-0.2, 0) is 16.1 Å². The van der Waals surface area contributed by atoms with Gasteiger partial charge < -0.3 is 10.5 Å². The molecule has 0 bridgehead atoms. The van der Waals surface area contributed by atoms with E-state index in [1.54, 1.807) is 12.1 Å². The Kier molecular flexibility index (Phi) is 4.77. The van der Waals surface area contributed by atoms with Crippen LogP contribution in [0.15, 0.2) is 22.7 Å². The number of halogens is 1. The Morgan fingerprint density at radius 3 is 2.90 bits per heavy atom. The van der Waals surface area contributed by atoms with Crippen LogP contribution in [0.3, 0.4) is 0 Å². The van der Waals surface area contributed by atoms with Gasteiger partial charge in [0.15, 0.2) is 0 Å². The average molecular weight is 341 g/mol. The van der Waals surface area contributed by atoms with Gasteiger partial charge in [0, 0.05) is 11.0 Å². The number of benzene rings is 1. The maximum absolute atomic E-state index is 11.8. The van der Waals surface area contributed by atoms with Crippen molar-refractivity contribution in [1.82, 2.24) is 4.90 Å². The standard InChI is InChI=1S/C14H17BrN2O3/c1-20-14(19)11-5-4-10(15)7-9(11)8-17-6-2-3-12(17)13(16)18/h4-5,7,12H,2-3,6,8H2,1H3,(H2,16,18)/t12-/m0/s1. The zero-order valence-corrected chi connectivity index (χ0v) is 12.9. The van der Waals surface area contributed by atoms with Crippen LogP contribution >= 0.6 is 15.9 Å². The summed E-state index contributed by atoms with van der Waals surface area (Å²) in [5.74, 6) is -0.681. The largest absolute Gasteiger partial charge is 0.465 e. The highest BCUT2D eigenvalue weighted by atomic mass is 79.9. The van der Waals surface area contributed by atoms with Gasteiger partial charge in [-0.05, 0) is 43.1 Å². The maximum atomic E-state index is 11.8. The Labute approximate surface area is 126 Å². The molecule has 0 unspecified atom stereocenters. The van der Waals surface area contributed by atoms with Gasteiger partial charge in [-0.2, -0.15) is 0 Å². The number of nitrogens with zero attached hydrogens (tertiary/aromatic N) is 1. The average Bonchev–Trinajstić information content (AvgIpc) is 2.86. The molecule has 1 saturated heterocycles. The molecule has 1 aromatic carbocycles. The number of esters is 1. The normalized spacial score (nSPS) is 19.0. The molecule has 1 amide bonds. The van der Waals surface area contributed by atoms with Gasteiger partial charge in [0.25, 0.3) is 0 Å². The predicted molar refractivity (Wildman–Crippen MR) is 78.1 cm³/mol. The minimum atomic E-state index is -0.373. The molecule has 0 aromatic heterocycles. The number of hydrogen-bond acceptors (Lipinski definition) is 4. The number of nitrogens with two attached hydrogens (primary N) is 1. The molecule has 0 radical (unpaired) electrons. The molecule has 0 aliphatic carbocycles. The van der Waals surface area contributed by atoms with Crippen LogP contribution in [0, 0.1) is 0 Å². The summed E-state index contributed by atoms with van der Waals surface area (Å²) in [6.07, 6.45) is 1.71. The predicted octanol–water partition coefficient (Wildman–Crippen LogP) is 1.69. The number of hydrogen-bond donors (Lipinski definition) is 1. The summed E-state index contributed by atoms with van der Waals surface area (Å²) in [4.78, 5) is 25.2. The lowest BCUT2D eigenvalue weighted by atomic mass is 10.1. The molecular weight excluding hydrogens is 324 g/mol. The van der Waals surface area contributed by atoms with Crippen molar-refractivity contribution in [2.24, 2.45) is 5.73 Å². The van der Waals surface area contributed by atoms with E-state index >= 15 is 0 Å². The number of methoxy groups -OCH3 is 1. The van der Waals surface area contributed by atoms with Crippen LogP contribution in [0.25, 0.3) is 0 Å². The highest BCUT2D eigenvalue weighted by Crippen LogP contribution is 2.24. The number of carbonyl (C=O) groups is 2. The molecule has 20 heavy (non-hydrogen) atoms. The lowest BCUT2D eigenvalue weighted by molar-refractivity contribution is -0.122. The van der Waals surface area contributed by atoms with Crippen LogP contribution in [-0.4, -0.2) is 36.5 Å². The van der Waals surface area contributed by atoms with Crippen LogP contribution in [0.5, 0.6) is 0 Å². The quantitative estimate of drug-likeness (QED) is 0.846. The molecule has 2 N–H and O–H groups in total. The van der Waals surface area contributed by atoms with E-state index in [1.807, 2.05) is 11.0 Å². The second kappa shape index (κ2) is 6.37. The van der Waals surface area contributed by atoms with Crippen molar-refractivity contribution in [2.75, 3.05) is 13.7 Å². The summed E-state index contributed by atoms with van der Waals surface area (Å²) in [6.45, 7) is 1.32. The zero-order chi connectivity index (χ0) is 14.7. The van der Waals surface area contributed by atoms with Crippen molar-refractivity contribution in [3.05, 3.63) is 33.8 Å². The summed E-state index contributed by atoms with van der Waals surface area (Å²) < 4.78 is 5.68. The van der Waals surface area contributed by atoms with Gasteiger partial charge in [-0.25, -0.2) is 4.79 Å². The molecule has 0 spiro atoms. The fourth-order valence-corrected chi connectivity index (χ4v) is 2.97. The molecular formula is C14H17BrN2O3. The number of carbonyl (C=O) groups excluding carboxylic acids is 2. The SMILES string of the molecule is COC(=O)c1ccc(Br)cc1CN1CCC[C@H]1C(N)=O. The maximum Gasteiger partial charge on any atom is 0.338 e. The van der Waals surface area contributed by atoms with E-state index in [2.05, 4.69) is 15.9 Å². The molecule has 1 heterocycles. The summed E-state index contributed by atoms with van der Waals surface area (Å²) >= 11 is 3.40. The van der Waals surface area contributed by atoms with Gasteiger partial charge >= 0.3 is 5.97 Å². The van der Waals surface area contributed by atoms with Crippen LogP contribution in [0.2, 0.25) is 0 Å². The highest BCUT2D eigenvalue weighted by molar-refractivity contribution is 9.10. The van der Waals surface area contributed by atoms with Crippen molar-refractivity contribution >= 4 is 27.8 Å². The van der Waals surface area contributed by atoms with Crippen molar-refractivity contribution in [1.29, 1.82) is 0 Å². The fourth-order valence-electron chi connectivity index (χ4n) is 2.56. The van der Waals surface area contributed by atoms with Gasteiger partial charge in [0.1, 0.15) is 0 Å². The number of ether oxygens (including phenoxy) is 1. The Morgan fingerprint density at radius 1 is 1.50 bits per heavy atom. The fraction of sp³-hybridized carbons (Fsp3) is 0.429. The Morgan fingerprint density at radius 2 is 2.25 bits per heavy atom. The van der Waals surface area contributed by atoms with Crippen molar-refractivity contribution in [2.45, 2.75) is 25.4 Å². The molecule has 1 aliphatic heterocycles. The van der Waals surface area contributed by atoms with Gasteiger partial charge in [-0.3, -0.25) is 9.69 Å².